The van der Waals surface area contributed by atoms with E-state index in [-0.39, 0.29) is 11.9 Å². The molecule has 0 fully saturated rings. The van der Waals surface area contributed by atoms with Gasteiger partial charge in [0.25, 0.3) is 5.91 Å². The van der Waals surface area contributed by atoms with Gasteiger partial charge in [0.15, 0.2) is 4.84 Å². The Balaban J connectivity index is 2.40. The number of nitrogens with zero attached hydrogens (tertiary/aromatic N) is 1. The molecular weight excluding hydrogens is 269 g/mol. The summed E-state index contributed by atoms with van der Waals surface area (Å²) in [6.07, 6.45) is 0.871. The van der Waals surface area contributed by atoms with Gasteiger partial charge in [-0.1, -0.05) is 61.3 Å². The van der Waals surface area contributed by atoms with Crippen molar-refractivity contribution in [3.8, 4) is 0 Å². The minimum Gasteiger partial charge on any atom is -0.333 e. The number of hydrogen-bond acceptors (Lipinski definition) is 1. The van der Waals surface area contributed by atoms with Gasteiger partial charge in [0.05, 0.1) is 6.04 Å². The van der Waals surface area contributed by atoms with Crippen LogP contribution in [0.5, 0.6) is 0 Å². The van der Waals surface area contributed by atoms with Gasteiger partial charge in [-0.05, 0) is 23.5 Å². The minimum atomic E-state index is -0.975. The zero-order chi connectivity index (χ0) is 13.3. The fourth-order valence-electron chi connectivity index (χ4n) is 2.76. The molecule has 0 N–H and O–H groups in total. The highest BCUT2D eigenvalue weighted by molar-refractivity contribution is 6.53. The Bertz CT molecular complexity index is 447. The number of rotatable bonds is 2. The summed E-state index contributed by atoms with van der Waals surface area (Å²) >= 11 is 11.5. The molecule has 18 heavy (non-hydrogen) atoms. The molecule has 1 heterocycles. The predicted molar refractivity (Wildman–Crippen MR) is 75.1 cm³/mol. The Hall–Kier alpha value is -0.730. The molecule has 2 rings (SSSR count). The summed E-state index contributed by atoms with van der Waals surface area (Å²) < 4.78 is 0. The predicted octanol–water partition coefficient (Wildman–Crippen LogP) is 3.89. The topological polar surface area (TPSA) is 20.3 Å². The van der Waals surface area contributed by atoms with Crippen LogP contribution < -0.4 is 0 Å². The van der Waals surface area contributed by atoms with Crippen molar-refractivity contribution in [2.75, 3.05) is 6.54 Å². The molecule has 1 aliphatic rings. The number of carbonyl (C=O) groups is 1. The third kappa shape index (κ3) is 2.36. The monoisotopic (exact) mass is 285 g/mol. The van der Waals surface area contributed by atoms with Gasteiger partial charge in [-0.3, -0.25) is 4.79 Å². The molecule has 0 radical (unpaired) electrons. The van der Waals surface area contributed by atoms with Crippen LogP contribution >= 0.6 is 23.2 Å². The number of alkyl halides is 2. The molecule has 0 spiro atoms. The maximum absolute atomic E-state index is 12.1. The molecule has 1 aromatic rings. The SMILES string of the molecule is CCC1c2ccccc2C(C)CN1C(=O)C(Cl)Cl. The van der Waals surface area contributed by atoms with Gasteiger partial charge in [0.1, 0.15) is 0 Å². The number of amides is 1. The molecule has 1 aliphatic heterocycles. The Labute approximate surface area is 118 Å². The quantitative estimate of drug-likeness (QED) is 0.755. The highest BCUT2D eigenvalue weighted by Crippen LogP contribution is 2.38. The van der Waals surface area contributed by atoms with E-state index in [0.717, 1.165) is 6.42 Å². The Morgan fingerprint density at radius 2 is 2.00 bits per heavy atom. The van der Waals surface area contributed by atoms with Crippen LogP contribution in [0.15, 0.2) is 24.3 Å². The van der Waals surface area contributed by atoms with E-state index in [1.165, 1.54) is 11.1 Å². The summed E-state index contributed by atoms with van der Waals surface area (Å²) in [6.45, 7) is 4.89. The zero-order valence-electron chi connectivity index (χ0n) is 10.6. The van der Waals surface area contributed by atoms with Crippen LogP contribution in [0.25, 0.3) is 0 Å². The van der Waals surface area contributed by atoms with Gasteiger partial charge in [-0.2, -0.15) is 0 Å². The molecule has 0 aromatic heterocycles. The lowest BCUT2D eigenvalue weighted by molar-refractivity contribution is -0.132. The van der Waals surface area contributed by atoms with Crippen molar-refractivity contribution in [1.82, 2.24) is 4.90 Å². The van der Waals surface area contributed by atoms with Crippen LogP contribution in [0.1, 0.15) is 43.4 Å². The van der Waals surface area contributed by atoms with Gasteiger partial charge in [0.2, 0.25) is 0 Å². The first-order valence-corrected chi connectivity index (χ1v) is 7.11. The lowest BCUT2D eigenvalue weighted by Gasteiger charge is -2.40. The second-order valence-corrected chi connectivity index (χ2v) is 5.84. The highest BCUT2D eigenvalue weighted by Gasteiger charge is 2.34. The standard InChI is InChI=1S/C14H17Cl2NO/c1-3-12-11-7-5-4-6-10(11)9(2)8-17(12)14(18)13(15)16/h4-7,9,12-13H,3,8H2,1-2H3. The summed E-state index contributed by atoms with van der Waals surface area (Å²) in [5.74, 6) is 0.131. The lowest BCUT2D eigenvalue weighted by Crippen LogP contribution is -2.43. The molecule has 2 atom stereocenters. The molecular formula is C14H17Cl2NO. The first-order chi connectivity index (χ1) is 8.56. The van der Waals surface area contributed by atoms with E-state index in [1.807, 2.05) is 17.0 Å². The van der Waals surface area contributed by atoms with Crippen LogP contribution in [0.4, 0.5) is 0 Å². The number of hydrogen-bond donors (Lipinski definition) is 0. The summed E-state index contributed by atoms with van der Waals surface area (Å²) in [4.78, 5) is 12.9. The average Bonchev–Trinajstić information content (AvgIpc) is 2.37. The minimum absolute atomic E-state index is 0.0879. The van der Waals surface area contributed by atoms with E-state index >= 15 is 0 Å². The summed E-state index contributed by atoms with van der Waals surface area (Å²) in [5, 5.41) is 0. The van der Waals surface area contributed by atoms with Crippen molar-refractivity contribution in [2.45, 2.75) is 37.1 Å². The van der Waals surface area contributed by atoms with Crippen molar-refractivity contribution in [3.63, 3.8) is 0 Å². The summed E-state index contributed by atoms with van der Waals surface area (Å²) in [6, 6.07) is 8.39. The molecule has 0 aliphatic carbocycles. The maximum atomic E-state index is 12.1. The molecule has 2 unspecified atom stereocenters. The number of carbonyl (C=O) groups excluding carboxylic acids is 1. The van der Waals surface area contributed by atoms with Crippen LogP contribution in [0.3, 0.4) is 0 Å². The van der Waals surface area contributed by atoms with Crippen molar-refractivity contribution in [1.29, 1.82) is 0 Å². The Kier molecular flexibility index (Phi) is 4.18. The van der Waals surface area contributed by atoms with Gasteiger partial charge in [0, 0.05) is 6.54 Å². The van der Waals surface area contributed by atoms with E-state index < -0.39 is 4.84 Å². The maximum Gasteiger partial charge on any atom is 0.256 e. The van der Waals surface area contributed by atoms with Crippen LogP contribution in [-0.4, -0.2) is 22.2 Å². The average molecular weight is 286 g/mol. The van der Waals surface area contributed by atoms with Crippen LogP contribution in [-0.2, 0) is 4.79 Å². The molecule has 4 heteroatoms. The molecule has 0 saturated carbocycles. The van der Waals surface area contributed by atoms with Gasteiger partial charge in [-0.15, -0.1) is 0 Å². The van der Waals surface area contributed by atoms with Crippen LogP contribution in [0.2, 0.25) is 0 Å². The first kappa shape index (κ1) is 13.7. The van der Waals surface area contributed by atoms with Crippen molar-refractivity contribution < 1.29 is 4.79 Å². The van der Waals surface area contributed by atoms with E-state index in [1.54, 1.807) is 0 Å². The number of halogens is 2. The van der Waals surface area contributed by atoms with Crippen molar-refractivity contribution in [2.24, 2.45) is 0 Å². The van der Waals surface area contributed by atoms with Crippen LogP contribution in [0, 0.1) is 0 Å². The molecule has 98 valence electrons. The van der Waals surface area contributed by atoms with E-state index in [0.29, 0.717) is 12.5 Å². The molecule has 1 amide bonds. The molecule has 0 bridgehead atoms. The fourth-order valence-corrected chi connectivity index (χ4v) is 3.01. The third-order valence-electron chi connectivity index (χ3n) is 3.59. The van der Waals surface area contributed by atoms with Crippen molar-refractivity contribution in [3.05, 3.63) is 35.4 Å². The third-order valence-corrected chi connectivity index (χ3v) is 3.96. The second kappa shape index (κ2) is 5.50. The smallest absolute Gasteiger partial charge is 0.256 e. The van der Waals surface area contributed by atoms with Crippen molar-refractivity contribution >= 4 is 29.1 Å². The van der Waals surface area contributed by atoms with Gasteiger partial charge < -0.3 is 4.90 Å². The lowest BCUT2D eigenvalue weighted by atomic mass is 9.85. The van der Waals surface area contributed by atoms with E-state index in [9.17, 15) is 4.79 Å². The Morgan fingerprint density at radius 1 is 1.39 bits per heavy atom. The zero-order valence-corrected chi connectivity index (χ0v) is 12.1. The molecule has 0 saturated heterocycles. The summed E-state index contributed by atoms with van der Waals surface area (Å²) in [7, 11) is 0. The fraction of sp³-hybridized carbons (Fsp3) is 0.500. The number of fused-ring (bicyclic) bond motifs is 1. The largest absolute Gasteiger partial charge is 0.333 e. The van der Waals surface area contributed by atoms with E-state index in [4.69, 9.17) is 23.2 Å². The normalized spacial score (nSPS) is 23.1. The highest BCUT2D eigenvalue weighted by atomic mass is 35.5. The van der Waals surface area contributed by atoms with Gasteiger partial charge >= 0.3 is 0 Å². The molecule has 1 aromatic carbocycles. The van der Waals surface area contributed by atoms with E-state index in [2.05, 4.69) is 26.0 Å². The Morgan fingerprint density at radius 3 is 2.56 bits per heavy atom. The second-order valence-electron chi connectivity index (χ2n) is 4.75. The van der Waals surface area contributed by atoms with Gasteiger partial charge in [-0.25, -0.2) is 0 Å². The first-order valence-electron chi connectivity index (χ1n) is 6.23. The number of benzene rings is 1. The molecule has 2 nitrogen and oxygen atoms in total. The summed E-state index contributed by atoms with van der Waals surface area (Å²) in [5.41, 5.74) is 2.55.